The van der Waals surface area contributed by atoms with Crippen LogP contribution in [0.4, 0.5) is 11.6 Å². The molecule has 0 amide bonds. The van der Waals surface area contributed by atoms with Gasteiger partial charge in [-0.2, -0.15) is 0 Å². The van der Waals surface area contributed by atoms with Crippen LogP contribution in [-0.2, 0) is 26.7 Å². The van der Waals surface area contributed by atoms with Crippen molar-refractivity contribution in [2.45, 2.75) is 39.1 Å². The van der Waals surface area contributed by atoms with E-state index in [0.717, 1.165) is 12.4 Å². The molecule has 2 aromatic heterocycles. The van der Waals surface area contributed by atoms with Crippen molar-refractivity contribution in [1.29, 1.82) is 0 Å². The number of aromatic nitrogens is 4. The highest BCUT2D eigenvalue weighted by molar-refractivity contribution is 7.47. The Balaban J connectivity index is 2.12. The number of alkyl halides is 2. The maximum Gasteiger partial charge on any atom is 0.473 e. The molecule has 2 rings (SSSR count). The molecular weight excluding hydrogens is 482 g/mol. The van der Waals surface area contributed by atoms with Gasteiger partial charge in [0.25, 0.3) is 0 Å². The molecule has 0 aliphatic heterocycles. The Kier molecular flexibility index (Phi) is 8.51. The molecule has 17 heteroatoms. The molecule has 0 aliphatic carbocycles. The van der Waals surface area contributed by atoms with Crippen molar-refractivity contribution in [1.82, 2.24) is 19.1 Å². The van der Waals surface area contributed by atoms with Gasteiger partial charge in [-0.25, -0.2) is 23.7 Å². The summed E-state index contributed by atoms with van der Waals surface area (Å²) < 4.78 is 25.0. The van der Waals surface area contributed by atoms with Gasteiger partial charge in [-0.05, 0) is 9.85 Å². The third-order valence-electron chi connectivity index (χ3n) is 4.12. The minimum Gasteiger partial charge on any atom is -0.358 e. The van der Waals surface area contributed by atoms with Crippen LogP contribution in [0, 0.1) is 34.1 Å². The van der Waals surface area contributed by atoms with E-state index >= 15 is 0 Å². The average molecular weight is 501 g/mol. The largest absolute Gasteiger partial charge is 0.473 e. The van der Waals surface area contributed by atoms with Crippen LogP contribution in [0.15, 0.2) is 12.4 Å². The lowest BCUT2D eigenvalue weighted by Gasteiger charge is -2.22. The second kappa shape index (κ2) is 10.5. The number of hydrogen-bond donors (Lipinski definition) is 1. The number of hydrogen-bond acceptors (Lipinski definition) is 9. The van der Waals surface area contributed by atoms with Crippen LogP contribution in [0.25, 0.3) is 0 Å². The molecule has 0 saturated heterocycles. The summed E-state index contributed by atoms with van der Waals surface area (Å²) in [5.41, 5.74) is 0. The van der Waals surface area contributed by atoms with Crippen LogP contribution >= 0.6 is 31.0 Å². The van der Waals surface area contributed by atoms with Crippen LogP contribution in [0.5, 0.6) is 0 Å². The molecule has 0 aliphatic rings. The van der Waals surface area contributed by atoms with Crippen molar-refractivity contribution in [3.05, 3.63) is 44.3 Å². The summed E-state index contributed by atoms with van der Waals surface area (Å²) in [7, 11) is -4.76. The van der Waals surface area contributed by atoms with Crippen molar-refractivity contribution in [2.24, 2.45) is 0 Å². The molecule has 2 aromatic rings. The van der Waals surface area contributed by atoms with Gasteiger partial charge in [-0.1, -0.05) is 0 Å². The predicted octanol–water partition coefficient (Wildman–Crippen LogP) is 2.56. The number of rotatable bonds is 12. The Labute approximate surface area is 185 Å². The average Bonchev–Trinajstić information content (AvgIpc) is 3.23. The van der Waals surface area contributed by atoms with Crippen LogP contribution < -0.4 is 0 Å². The number of phosphoric acid groups is 1. The lowest BCUT2D eigenvalue weighted by Crippen LogP contribution is -2.26. The third-order valence-corrected chi connectivity index (χ3v) is 5.94. The number of nitrogens with zero attached hydrogens (tertiary/aromatic N) is 6. The zero-order chi connectivity index (χ0) is 23.3. The van der Waals surface area contributed by atoms with E-state index in [0.29, 0.717) is 0 Å². The van der Waals surface area contributed by atoms with Crippen LogP contribution in [0.2, 0.25) is 0 Å². The highest BCUT2D eigenvalue weighted by Crippen LogP contribution is 2.47. The molecular formula is C14H19Cl2N6O8P. The molecule has 2 heterocycles. The monoisotopic (exact) mass is 500 g/mol. The second-order valence-corrected chi connectivity index (χ2v) is 8.27. The molecule has 31 heavy (non-hydrogen) atoms. The highest BCUT2D eigenvalue weighted by atomic mass is 35.5. The summed E-state index contributed by atoms with van der Waals surface area (Å²) in [5, 5.41) is 22.2. The SMILES string of the molecule is Cc1ncc([N+](=O)[O-])n1C[C@@H](CCl)OP(=O)(O)O[C@H](CCl)Cn1c([N+](=O)[O-])cnc1C. The van der Waals surface area contributed by atoms with Crippen molar-refractivity contribution < 1.29 is 28.4 Å². The Morgan fingerprint density at radius 2 is 1.35 bits per heavy atom. The van der Waals surface area contributed by atoms with Gasteiger partial charge < -0.3 is 25.1 Å². The Hall–Kier alpha value is -2.09. The number of aryl methyl sites for hydroxylation is 2. The maximum atomic E-state index is 12.5. The van der Waals surface area contributed by atoms with Crippen LogP contribution in [-0.4, -0.2) is 57.8 Å². The quantitative estimate of drug-likeness (QED) is 0.197. The topological polar surface area (TPSA) is 178 Å². The van der Waals surface area contributed by atoms with Crippen LogP contribution in [0.3, 0.4) is 0 Å². The van der Waals surface area contributed by atoms with E-state index in [1.54, 1.807) is 0 Å². The molecule has 14 nitrogen and oxygen atoms in total. The number of nitro groups is 2. The molecule has 1 N–H and O–H groups in total. The lowest BCUT2D eigenvalue weighted by molar-refractivity contribution is -0.392. The summed E-state index contributed by atoms with van der Waals surface area (Å²) in [6.07, 6.45) is -0.215. The van der Waals surface area contributed by atoms with Gasteiger partial charge in [-0.15, -0.1) is 23.2 Å². The summed E-state index contributed by atoms with van der Waals surface area (Å²) in [6.45, 7) is 2.54. The Morgan fingerprint density at radius 3 is 1.65 bits per heavy atom. The fourth-order valence-electron chi connectivity index (χ4n) is 2.68. The van der Waals surface area contributed by atoms with Crippen molar-refractivity contribution in [3.8, 4) is 0 Å². The van der Waals surface area contributed by atoms with E-state index < -0.39 is 29.9 Å². The van der Waals surface area contributed by atoms with E-state index in [9.17, 15) is 29.7 Å². The minimum atomic E-state index is -4.76. The summed E-state index contributed by atoms with van der Waals surface area (Å²) in [4.78, 5) is 38.7. The molecule has 0 unspecified atom stereocenters. The first-order valence-electron chi connectivity index (χ1n) is 8.63. The molecule has 0 radical (unpaired) electrons. The van der Waals surface area contributed by atoms with Gasteiger partial charge in [0.05, 0.1) is 11.8 Å². The van der Waals surface area contributed by atoms with E-state index in [1.807, 2.05) is 0 Å². The van der Waals surface area contributed by atoms with Crippen molar-refractivity contribution >= 4 is 42.7 Å². The lowest BCUT2D eigenvalue weighted by atomic mass is 10.4. The smallest absolute Gasteiger partial charge is 0.358 e. The van der Waals surface area contributed by atoms with Crippen LogP contribution in [0.1, 0.15) is 11.6 Å². The molecule has 0 saturated carbocycles. The molecule has 172 valence electrons. The Bertz CT molecular complexity index is 923. The van der Waals surface area contributed by atoms with Crippen molar-refractivity contribution in [2.75, 3.05) is 11.8 Å². The first-order chi connectivity index (χ1) is 14.5. The van der Waals surface area contributed by atoms with Gasteiger partial charge in [0.15, 0.2) is 11.6 Å². The fraction of sp³-hybridized carbons (Fsp3) is 0.571. The van der Waals surface area contributed by atoms with Crippen molar-refractivity contribution in [3.63, 3.8) is 0 Å². The zero-order valence-electron chi connectivity index (χ0n) is 16.3. The summed E-state index contributed by atoms with van der Waals surface area (Å²) in [6, 6.07) is 0. The number of phosphoric ester groups is 1. The van der Waals surface area contributed by atoms with Gasteiger partial charge in [-0.3, -0.25) is 9.05 Å². The zero-order valence-corrected chi connectivity index (χ0v) is 18.7. The fourth-order valence-corrected chi connectivity index (χ4v) is 4.27. The van der Waals surface area contributed by atoms with Gasteiger partial charge >= 0.3 is 19.5 Å². The molecule has 0 bridgehead atoms. The van der Waals surface area contributed by atoms with E-state index in [1.165, 1.54) is 23.0 Å². The first kappa shape index (κ1) is 25.2. The minimum absolute atomic E-state index is 0.239. The van der Waals surface area contributed by atoms with Gasteiger partial charge in [0.2, 0.25) is 0 Å². The molecule has 0 aromatic carbocycles. The van der Waals surface area contributed by atoms with Gasteiger partial charge in [0, 0.05) is 13.8 Å². The highest BCUT2D eigenvalue weighted by Gasteiger charge is 2.34. The number of imidazole rings is 2. The van der Waals surface area contributed by atoms with E-state index in [4.69, 9.17) is 32.2 Å². The molecule has 0 fully saturated rings. The molecule has 2 atom stereocenters. The molecule has 0 spiro atoms. The summed E-state index contributed by atoms with van der Waals surface area (Å²) in [5.74, 6) is -0.708. The summed E-state index contributed by atoms with van der Waals surface area (Å²) >= 11 is 11.6. The predicted molar refractivity (Wildman–Crippen MR) is 108 cm³/mol. The van der Waals surface area contributed by atoms with E-state index in [2.05, 4.69) is 9.97 Å². The number of halogens is 2. The second-order valence-electron chi connectivity index (χ2n) is 6.29. The van der Waals surface area contributed by atoms with E-state index in [-0.39, 0.29) is 48.1 Å². The maximum absolute atomic E-state index is 12.5. The first-order valence-corrected chi connectivity index (χ1v) is 11.2. The normalized spacial score (nSPS) is 13.8. The Morgan fingerprint density at radius 1 is 1.00 bits per heavy atom. The third kappa shape index (κ3) is 6.45. The standard InChI is InChI=1S/C14H19Cl2N6O8P/c1-9-17-5-13(21(23)24)19(9)7-11(3-15)29-31(27,28)30-12(4-16)8-20-10(2)18-6-14(20)22(25)26/h5-6,11-12H,3-4,7-8H2,1-2H3,(H,27,28)/t11-,12-/m1/s1. The van der Waals surface area contributed by atoms with Gasteiger partial charge in [0.1, 0.15) is 37.7 Å².